The Bertz CT molecular complexity index is 189. The number of rotatable bonds is 1. The van der Waals surface area contributed by atoms with Gasteiger partial charge >= 0.3 is 7.12 Å². The van der Waals surface area contributed by atoms with E-state index in [9.17, 15) is 0 Å². The maximum absolute atomic E-state index is 5.68. The molecule has 0 aromatic heterocycles. The van der Waals surface area contributed by atoms with E-state index in [0.717, 1.165) is 11.9 Å². The Labute approximate surface area is 75.1 Å². The van der Waals surface area contributed by atoms with Gasteiger partial charge < -0.3 is 9.31 Å². The summed E-state index contributed by atoms with van der Waals surface area (Å²) in [5, 5.41) is 0. The Kier molecular flexibility index (Phi) is 2.64. The summed E-state index contributed by atoms with van der Waals surface area (Å²) >= 11 is 0. The fourth-order valence-electron chi connectivity index (χ4n) is 1.53. The molecular weight excluding hydrogens is 151 g/mol. The lowest BCUT2D eigenvalue weighted by molar-refractivity contribution is -0.0249. The topological polar surface area (TPSA) is 18.5 Å². The summed E-state index contributed by atoms with van der Waals surface area (Å²) in [5.41, 5.74) is 0.857. The lowest BCUT2D eigenvalue weighted by Crippen LogP contribution is -2.46. The Morgan fingerprint density at radius 3 is 2.58 bits per heavy atom. The number of allylic oxidation sites excluding steroid dienone is 1. The maximum atomic E-state index is 5.68. The molecule has 0 saturated carbocycles. The highest BCUT2D eigenvalue weighted by atomic mass is 16.6. The van der Waals surface area contributed by atoms with Gasteiger partial charge in [0.2, 0.25) is 0 Å². The number of hydrogen-bond acceptors (Lipinski definition) is 2. The smallest absolute Gasteiger partial charge is 0.405 e. The van der Waals surface area contributed by atoms with Gasteiger partial charge in [-0.05, 0) is 34.1 Å². The predicted molar refractivity (Wildman–Crippen MR) is 50.9 cm³/mol. The van der Waals surface area contributed by atoms with E-state index in [4.69, 9.17) is 9.31 Å². The summed E-state index contributed by atoms with van der Waals surface area (Å²) in [6.07, 6.45) is 1.20. The fraction of sp³-hybridized carbons (Fsp3) is 0.778. The largest absolute Gasteiger partial charge is 0.489 e. The molecule has 0 radical (unpaired) electrons. The van der Waals surface area contributed by atoms with Crippen molar-refractivity contribution in [1.82, 2.24) is 0 Å². The highest BCUT2D eigenvalue weighted by Gasteiger charge is 2.37. The molecule has 0 amide bonds. The molecule has 2 nitrogen and oxygen atoms in total. The van der Waals surface area contributed by atoms with Crippen molar-refractivity contribution in [2.45, 2.75) is 45.8 Å². The molecule has 1 atom stereocenters. The monoisotopic (exact) mass is 168 g/mol. The predicted octanol–water partition coefficient (Wildman–Crippen LogP) is 2.19. The Morgan fingerprint density at radius 2 is 2.17 bits per heavy atom. The second-order valence-corrected chi connectivity index (χ2v) is 4.21. The van der Waals surface area contributed by atoms with E-state index in [2.05, 4.69) is 27.4 Å². The standard InChI is InChI=1S/C9H17BO2/c1-7(2)10-11-8(3)6-9(4,5)12-10/h8H,1,6H2,2-5H3/t8-/m1/s1. The van der Waals surface area contributed by atoms with Crippen LogP contribution in [0.4, 0.5) is 0 Å². The molecule has 0 aromatic rings. The molecule has 0 unspecified atom stereocenters. The molecule has 68 valence electrons. The number of hydrogen-bond donors (Lipinski definition) is 0. The third kappa shape index (κ3) is 2.36. The van der Waals surface area contributed by atoms with Crippen LogP contribution in [0.3, 0.4) is 0 Å². The molecule has 0 N–H and O–H groups in total. The lowest BCUT2D eigenvalue weighted by Gasteiger charge is -2.38. The molecule has 1 fully saturated rings. The van der Waals surface area contributed by atoms with Gasteiger partial charge in [-0.3, -0.25) is 0 Å². The van der Waals surface area contributed by atoms with Gasteiger partial charge in [0, 0.05) is 6.10 Å². The van der Waals surface area contributed by atoms with Gasteiger partial charge in [0.25, 0.3) is 0 Å². The van der Waals surface area contributed by atoms with Crippen molar-refractivity contribution in [2.24, 2.45) is 0 Å². The van der Waals surface area contributed by atoms with Crippen molar-refractivity contribution in [3.63, 3.8) is 0 Å². The van der Waals surface area contributed by atoms with Gasteiger partial charge in [0.1, 0.15) is 0 Å². The van der Waals surface area contributed by atoms with Crippen molar-refractivity contribution < 1.29 is 9.31 Å². The lowest BCUT2D eigenvalue weighted by atomic mass is 9.76. The average molecular weight is 168 g/mol. The van der Waals surface area contributed by atoms with Crippen LogP contribution in [-0.2, 0) is 9.31 Å². The molecular formula is C9H17BO2. The van der Waals surface area contributed by atoms with Crippen molar-refractivity contribution >= 4 is 7.12 Å². The molecule has 3 heteroatoms. The molecule has 0 bridgehead atoms. The van der Waals surface area contributed by atoms with E-state index in [-0.39, 0.29) is 18.8 Å². The SMILES string of the molecule is C=C(C)B1O[C@H](C)CC(C)(C)O1. The van der Waals surface area contributed by atoms with Crippen LogP contribution in [0.5, 0.6) is 0 Å². The summed E-state index contributed by atoms with van der Waals surface area (Å²) in [6.45, 7) is 12.0. The molecule has 1 aliphatic heterocycles. The summed E-state index contributed by atoms with van der Waals surface area (Å²) in [5.74, 6) is 0. The first-order valence-corrected chi connectivity index (χ1v) is 4.39. The molecule has 1 saturated heterocycles. The zero-order chi connectivity index (χ0) is 9.35. The maximum Gasteiger partial charge on any atom is 0.489 e. The summed E-state index contributed by atoms with van der Waals surface area (Å²) < 4.78 is 11.2. The van der Waals surface area contributed by atoms with E-state index in [1.54, 1.807) is 0 Å². The van der Waals surface area contributed by atoms with Crippen LogP contribution in [-0.4, -0.2) is 18.8 Å². The normalized spacial score (nSPS) is 28.7. The summed E-state index contributed by atoms with van der Waals surface area (Å²) in [7, 11) is -0.219. The molecule has 0 aromatic carbocycles. The Morgan fingerprint density at radius 1 is 1.58 bits per heavy atom. The molecule has 0 spiro atoms. The van der Waals surface area contributed by atoms with Crippen molar-refractivity contribution in [2.75, 3.05) is 0 Å². The fourth-order valence-corrected chi connectivity index (χ4v) is 1.53. The molecule has 1 rings (SSSR count). The van der Waals surface area contributed by atoms with Gasteiger partial charge in [0.05, 0.1) is 5.60 Å². The average Bonchev–Trinajstić information content (AvgIpc) is 1.82. The highest BCUT2D eigenvalue weighted by Crippen LogP contribution is 2.27. The zero-order valence-corrected chi connectivity index (χ0v) is 8.39. The minimum Gasteiger partial charge on any atom is -0.405 e. The summed E-state index contributed by atoms with van der Waals surface area (Å²) in [6, 6.07) is 0. The van der Waals surface area contributed by atoms with Crippen LogP contribution in [0.1, 0.15) is 34.1 Å². The minimum atomic E-state index is -0.219. The van der Waals surface area contributed by atoms with Gasteiger partial charge in [0.15, 0.2) is 0 Å². The van der Waals surface area contributed by atoms with Crippen LogP contribution >= 0.6 is 0 Å². The van der Waals surface area contributed by atoms with E-state index in [0.29, 0.717) is 0 Å². The molecule has 0 aliphatic carbocycles. The molecule has 1 aliphatic rings. The van der Waals surface area contributed by atoms with Crippen LogP contribution in [0.2, 0.25) is 0 Å². The first-order valence-electron chi connectivity index (χ1n) is 4.39. The van der Waals surface area contributed by atoms with Crippen LogP contribution in [0, 0.1) is 0 Å². The third-order valence-electron chi connectivity index (χ3n) is 1.96. The Hall–Kier alpha value is -0.275. The van der Waals surface area contributed by atoms with Crippen LogP contribution in [0.15, 0.2) is 12.1 Å². The van der Waals surface area contributed by atoms with Crippen molar-refractivity contribution in [3.05, 3.63) is 12.1 Å². The Balaban J connectivity index is 2.64. The van der Waals surface area contributed by atoms with Crippen molar-refractivity contribution in [1.29, 1.82) is 0 Å². The zero-order valence-electron chi connectivity index (χ0n) is 8.39. The second kappa shape index (κ2) is 3.23. The first kappa shape index (κ1) is 9.81. The van der Waals surface area contributed by atoms with Gasteiger partial charge in [-0.15, -0.1) is 6.58 Å². The van der Waals surface area contributed by atoms with E-state index in [1.807, 2.05) is 6.92 Å². The van der Waals surface area contributed by atoms with Crippen LogP contribution in [0.25, 0.3) is 0 Å². The molecule has 12 heavy (non-hydrogen) atoms. The summed E-state index contributed by atoms with van der Waals surface area (Å²) in [4.78, 5) is 0. The van der Waals surface area contributed by atoms with Gasteiger partial charge in [-0.25, -0.2) is 0 Å². The van der Waals surface area contributed by atoms with Gasteiger partial charge in [-0.1, -0.05) is 5.47 Å². The van der Waals surface area contributed by atoms with E-state index in [1.165, 1.54) is 0 Å². The van der Waals surface area contributed by atoms with E-state index >= 15 is 0 Å². The second-order valence-electron chi connectivity index (χ2n) is 4.21. The van der Waals surface area contributed by atoms with Crippen molar-refractivity contribution in [3.8, 4) is 0 Å². The minimum absolute atomic E-state index is 0.0821. The molecule has 1 heterocycles. The highest BCUT2D eigenvalue weighted by molar-refractivity contribution is 6.53. The van der Waals surface area contributed by atoms with E-state index < -0.39 is 0 Å². The van der Waals surface area contributed by atoms with Crippen LogP contribution < -0.4 is 0 Å². The van der Waals surface area contributed by atoms with Gasteiger partial charge in [-0.2, -0.15) is 0 Å². The first-order chi connectivity index (χ1) is 5.41. The third-order valence-corrected chi connectivity index (χ3v) is 1.96. The quantitative estimate of drug-likeness (QED) is 0.558.